The number of fused-ring (bicyclic) bond motifs is 16. The van der Waals surface area contributed by atoms with E-state index in [2.05, 4.69) is 158 Å². The van der Waals surface area contributed by atoms with Crippen LogP contribution in [0.5, 0.6) is 11.5 Å². The number of nitrogens with zero attached hydrogens (tertiary/aromatic N) is 2. The Kier molecular flexibility index (Phi) is 6.88. The van der Waals surface area contributed by atoms with Crippen LogP contribution in [-0.2, 0) is 5.41 Å². The van der Waals surface area contributed by atoms with Crippen molar-refractivity contribution in [3.05, 3.63) is 216 Å². The van der Waals surface area contributed by atoms with Gasteiger partial charge in [-0.25, -0.2) is 9.97 Å². The van der Waals surface area contributed by atoms with Crippen LogP contribution in [-0.4, -0.2) is 9.97 Å². The molecule has 4 heterocycles. The standard InChI is InChI=1S/C57H32N2O2S/c1-2-13-33(14-3-1)56-58-53(55-54(59-56)40-17-6-9-22-47(40)61-55)37-25-27-39-41-30-36(26-28-50(41)62-51(39)32-37)38-18-12-21-45-52(38)42-29-34-15-4-5-16-35(34)31-46(42)57(45)43-19-7-10-23-48(43)60-49-24-11-8-20-44(49)57/h1-32H. The van der Waals surface area contributed by atoms with Crippen molar-refractivity contribution in [3.63, 3.8) is 0 Å². The summed E-state index contributed by atoms with van der Waals surface area (Å²) < 4.78 is 15.6. The van der Waals surface area contributed by atoms with Gasteiger partial charge in [0.05, 0.1) is 5.41 Å². The number of aromatic nitrogens is 2. The number of thiophene rings is 1. The lowest BCUT2D eigenvalue weighted by atomic mass is 9.66. The SMILES string of the molecule is c1ccc(-c2nc(-c3ccc4c(c3)sc3ccc(-c5cccc6c5-c5cc7ccccc7cc5C65c6ccccc6Oc6ccccc65)cc34)c3oc4ccccc4c3n2)cc1. The molecule has 0 amide bonds. The maximum atomic E-state index is 6.66. The molecule has 2 aliphatic rings. The van der Waals surface area contributed by atoms with E-state index in [1.54, 1.807) is 0 Å². The fourth-order valence-corrected chi connectivity index (χ4v) is 11.6. The molecule has 0 bridgehead atoms. The van der Waals surface area contributed by atoms with Crippen molar-refractivity contribution in [2.75, 3.05) is 0 Å². The molecule has 0 saturated carbocycles. The third-order valence-electron chi connectivity index (χ3n) is 13.1. The van der Waals surface area contributed by atoms with E-state index in [1.165, 1.54) is 75.5 Å². The monoisotopic (exact) mass is 808 g/mol. The Labute approximate surface area is 360 Å². The van der Waals surface area contributed by atoms with Gasteiger partial charge in [0, 0.05) is 47.8 Å². The molecule has 1 aliphatic heterocycles. The average Bonchev–Trinajstić information content (AvgIpc) is 3.99. The molecule has 9 aromatic carbocycles. The van der Waals surface area contributed by atoms with E-state index in [9.17, 15) is 0 Å². The highest BCUT2D eigenvalue weighted by atomic mass is 32.1. The van der Waals surface area contributed by atoms with Crippen LogP contribution in [0.1, 0.15) is 22.3 Å². The molecule has 3 aromatic heterocycles. The van der Waals surface area contributed by atoms with Gasteiger partial charge < -0.3 is 9.15 Å². The highest BCUT2D eigenvalue weighted by Crippen LogP contribution is 2.64. The fraction of sp³-hybridized carbons (Fsp3) is 0.0175. The molecule has 1 spiro atoms. The number of hydrogen-bond donors (Lipinski definition) is 0. The van der Waals surface area contributed by atoms with Gasteiger partial charge in [0.25, 0.3) is 0 Å². The Morgan fingerprint density at radius 1 is 0.435 bits per heavy atom. The largest absolute Gasteiger partial charge is 0.457 e. The molecule has 1 aliphatic carbocycles. The van der Waals surface area contributed by atoms with Crippen molar-refractivity contribution < 1.29 is 9.15 Å². The van der Waals surface area contributed by atoms with E-state index in [1.807, 2.05) is 47.7 Å². The van der Waals surface area contributed by atoms with Gasteiger partial charge in [-0.15, -0.1) is 11.3 Å². The summed E-state index contributed by atoms with van der Waals surface area (Å²) in [6.45, 7) is 0. The molecular weight excluding hydrogens is 777 g/mol. The van der Waals surface area contributed by atoms with Crippen LogP contribution in [0.4, 0.5) is 0 Å². The molecule has 288 valence electrons. The second kappa shape index (κ2) is 12.6. The lowest BCUT2D eigenvalue weighted by molar-refractivity contribution is 0.436. The second-order valence-corrected chi connectivity index (χ2v) is 17.5. The lowest BCUT2D eigenvalue weighted by Gasteiger charge is -2.39. The number of ether oxygens (including phenoxy) is 1. The maximum Gasteiger partial charge on any atom is 0.180 e. The smallest absolute Gasteiger partial charge is 0.180 e. The number of hydrogen-bond acceptors (Lipinski definition) is 5. The zero-order chi connectivity index (χ0) is 40.5. The zero-order valence-corrected chi connectivity index (χ0v) is 33.9. The molecule has 5 heteroatoms. The minimum Gasteiger partial charge on any atom is -0.457 e. The maximum absolute atomic E-state index is 6.66. The van der Waals surface area contributed by atoms with Gasteiger partial charge >= 0.3 is 0 Å². The van der Waals surface area contributed by atoms with Crippen LogP contribution in [0.15, 0.2) is 199 Å². The summed E-state index contributed by atoms with van der Waals surface area (Å²) in [5.74, 6) is 2.47. The minimum atomic E-state index is -0.557. The zero-order valence-electron chi connectivity index (χ0n) is 33.1. The first kappa shape index (κ1) is 33.9. The normalized spacial score (nSPS) is 13.4. The van der Waals surface area contributed by atoms with Crippen LogP contribution >= 0.6 is 11.3 Å². The number of para-hydroxylation sites is 3. The Morgan fingerprint density at radius 3 is 1.98 bits per heavy atom. The summed E-state index contributed by atoms with van der Waals surface area (Å²) in [7, 11) is 0. The van der Waals surface area contributed by atoms with E-state index in [0.717, 1.165) is 44.8 Å². The van der Waals surface area contributed by atoms with Crippen molar-refractivity contribution in [1.29, 1.82) is 0 Å². The second-order valence-electron chi connectivity index (χ2n) is 16.4. The van der Waals surface area contributed by atoms with E-state index >= 15 is 0 Å². The van der Waals surface area contributed by atoms with Gasteiger partial charge in [0.1, 0.15) is 28.3 Å². The van der Waals surface area contributed by atoms with Crippen molar-refractivity contribution in [1.82, 2.24) is 9.97 Å². The molecule has 4 nitrogen and oxygen atoms in total. The molecule has 0 radical (unpaired) electrons. The summed E-state index contributed by atoms with van der Waals surface area (Å²) in [5.41, 5.74) is 14.4. The average molecular weight is 809 g/mol. The molecule has 0 saturated heterocycles. The summed E-state index contributed by atoms with van der Waals surface area (Å²) in [6, 6.07) is 69.7. The summed E-state index contributed by atoms with van der Waals surface area (Å²) >= 11 is 1.82. The third kappa shape index (κ3) is 4.60. The van der Waals surface area contributed by atoms with Crippen molar-refractivity contribution in [2.24, 2.45) is 0 Å². The summed E-state index contributed by atoms with van der Waals surface area (Å²) in [6.07, 6.45) is 0. The van der Waals surface area contributed by atoms with Gasteiger partial charge in [-0.2, -0.15) is 0 Å². The highest BCUT2D eigenvalue weighted by Gasteiger charge is 2.51. The van der Waals surface area contributed by atoms with Gasteiger partial charge in [0.2, 0.25) is 0 Å². The Hall–Kier alpha value is -7.86. The number of rotatable bonds is 3. The van der Waals surface area contributed by atoms with Gasteiger partial charge in [0.15, 0.2) is 11.4 Å². The van der Waals surface area contributed by atoms with Gasteiger partial charge in [-0.05, 0) is 98.8 Å². The van der Waals surface area contributed by atoms with Gasteiger partial charge in [-0.3, -0.25) is 0 Å². The van der Waals surface area contributed by atoms with Crippen LogP contribution in [0.3, 0.4) is 0 Å². The van der Waals surface area contributed by atoms with E-state index in [-0.39, 0.29) is 0 Å². The van der Waals surface area contributed by atoms with Crippen molar-refractivity contribution in [2.45, 2.75) is 5.41 Å². The molecular formula is C57H32N2O2S. The van der Waals surface area contributed by atoms with Crippen LogP contribution in [0.25, 0.3) is 97.9 Å². The van der Waals surface area contributed by atoms with Crippen LogP contribution in [0.2, 0.25) is 0 Å². The summed E-state index contributed by atoms with van der Waals surface area (Å²) in [4.78, 5) is 10.2. The van der Waals surface area contributed by atoms with Crippen molar-refractivity contribution >= 4 is 64.4 Å². The van der Waals surface area contributed by atoms with E-state index < -0.39 is 5.41 Å². The van der Waals surface area contributed by atoms with E-state index in [0.29, 0.717) is 11.4 Å². The Balaban J connectivity index is 0.975. The predicted octanol–water partition coefficient (Wildman–Crippen LogP) is 15.4. The van der Waals surface area contributed by atoms with Gasteiger partial charge in [-0.1, -0.05) is 140 Å². The molecule has 0 unspecified atom stereocenters. The number of furan rings is 1. The predicted molar refractivity (Wildman–Crippen MR) is 253 cm³/mol. The Bertz CT molecular complexity index is 3820. The third-order valence-corrected chi connectivity index (χ3v) is 14.3. The number of benzene rings is 9. The molecule has 0 fully saturated rings. The molecule has 0 N–H and O–H groups in total. The minimum absolute atomic E-state index is 0.557. The highest BCUT2D eigenvalue weighted by molar-refractivity contribution is 7.25. The molecule has 12 aromatic rings. The first-order valence-electron chi connectivity index (χ1n) is 21.0. The van der Waals surface area contributed by atoms with Crippen molar-refractivity contribution in [3.8, 4) is 56.4 Å². The quantitative estimate of drug-likeness (QED) is 0.178. The summed E-state index contributed by atoms with van der Waals surface area (Å²) in [5, 5.41) is 5.90. The first-order chi connectivity index (χ1) is 30.7. The first-order valence-corrected chi connectivity index (χ1v) is 21.8. The van der Waals surface area contributed by atoms with E-state index in [4.69, 9.17) is 19.1 Å². The molecule has 0 atom stereocenters. The molecule has 14 rings (SSSR count). The van der Waals surface area contributed by atoms with Crippen LogP contribution < -0.4 is 4.74 Å². The lowest BCUT2D eigenvalue weighted by Crippen LogP contribution is -2.32. The topological polar surface area (TPSA) is 48.2 Å². The van der Waals surface area contributed by atoms with Crippen LogP contribution in [0, 0.1) is 0 Å². The Morgan fingerprint density at radius 2 is 1.15 bits per heavy atom. The molecule has 62 heavy (non-hydrogen) atoms. The fourth-order valence-electron chi connectivity index (χ4n) is 10.5.